The smallest absolute Gasteiger partial charge is 0.262 e. The summed E-state index contributed by atoms with van der Waals surface area (Å²) in [5, 5.41) is 3.50. The molecule has 0 atom stereocenters. The Hall–Kier alpha value is -3.98. The van der Waals surface area contributed by atoms with Gasteiger partial charge in [-0.3, -0.25) is 14.5 Å². The van der Waals surface area contributed by atoms with Crippen molar-refractivity contribution in [3.05, 3.63) is 78.6 Å². The lowest BCUT2D eigenvalue weighted by atomic mass is 10.1. The van der Waals surface area contributed by atoms with E-state index in [1.165, 1.54) is 12.1 Å². The summed E-state index contributed by atoms with van der Waals surface area (Å²) in [6.45, 7) is 0.619. The summed E-state index contributed by atoms with van der Waals surface area (Å²) in [7, 11) is -3.81. The number of hydrogen-bond acceptors (Lipinski definition) is 6. The van der Waals surface area contributed by atoms with Crippen LogP contribution in [0.4, 0.5) is 5.69 Å². The number of benzene rings is 2. The van der Waals surface area contributed by atoms with Crippen LogP contribution in [0.25, 0.3) is 22.4 Å². The molecule has 2 N–H and O–H groups in total. The zero-order valence-electron chi connectivity index (χ0n) is 18.2. The summed E-state index contributed by atoms with van der Waals surface area (Å²) in [6, 6.07) is 18.7. The molecule has 0 saturated heterocycles. The van der Waals surface area contributed by atoms with E-state index in [0.717, 1.165) is 12.8 Å². The van der Waals surface area contributed by atoms with Crippen molar-refractivity contribution in [3.63, 3.8) is 0 Å². The number of carbonyl (C=O) groups excluding carboxylic acids is 1. The normalized spacial score (nSPS) is 13.9. The summed E-state index contributed by atoms with van der Waals surface area (Å²) >= 11 is 0. The highest BCUT2D eigenvalue weighted by Gasteiger charge is 2.19. The van der Waals surface area contributed by atoms with Gasteiger partial charge in [0.25, 0.3) is 15.9 Å². The van der Waals surface area contributed by atoms with Gasteiger partial charge in [-0.25, -0.2) is 13.4 Å². The number of fused-ring (bicyclic) bond motifs is 1. The monoisotopic (exact) mass is 474 g/mol. The first kappa shape index (κ1) is 21.8. The lowest BCUT2D eigenvalue weighted by Gasteiger charge is -2.15. The molecule has 0 spiro atoms. The number of aromatic nitrogens is 1. The van der Waals surface area contributed by atoms with Gasteiger partial charge in [0.05, 0.1) is 22.2 Å². The van der Waals surface area contributed by atoms with Gasteiger partial charge in [0.15, 0.2) is 5.76 Å². The Bertz CT molecular complexity index is 1490. The third-order valence-corrected chi connectivity index (χ3v) is 6.89. The molecule has 4 aromatic rings. The molecule has 0 saturated carbocycles. The Morgan fingerprint density at radius 2 is 1.85 bits per heavy atom. The Kier molecular flexibility index (Phi) is 5.85. The third kappa shape index (κ3) is 4.55. The van der Waals surface area contributed by atoms with Gasteiger partial charge >= 0.3 is 0 Å². The van der Waals surface area contributed by atoms with Crippen LogP contribution < -0.4 is 10.0 Å². The highest BCUT2D eigenvalue weighted by atomic mass is 32.2. The fraction of sp³-hybridized carbons (Fsp3) is 0.160. The van der Waals surface area contributed by atoms with Crippen molar-refractivity contribution in [1.82, 2.24) is 9.71 Å². The summed E-state index contributed by atoms with van der Waals surface area (Å²) in [5.41, 5.74) is 1.94. The Morgan fingerprint density at radius 3 is 2.65 bits per heavy atom. The second-order valence-electron chi connectivity index (χ2n) is 7.92. The van der Waals surface area contributed by atoms with Gasteiger partial charge in [-0.15, -0.1) is 0 Å². The molecular weight excluding hydrogens is 452 g/mol. The first-order chi connectivity index (χ1) is 16.5. The summed E-state index contributed by atoms with van der Waals surface area (Å²) in [5.74, 6) is 0.629. The van der Waals surface area contributed by atoms with Gasteiger partial charge in [0.2, 0.25) is 0 Å². The largest absolute Gasteiger partial charge is 0.463 e. The predicted octanol–water partition coefficient (Wildman–Crippen LogP) is 4.61. The van der Waals surface area contributed by atoms with E-state index in [1.807, 2.05) is 24.3 Å². The van der Waals surface area contributed by atoms with Crippen molar-refractivity contribution < 1.29 is 17.6 Å². The Labute approximate surface area is 196 Å². The van der Waals surface area contributed by atoms with Gasteiger partial charge < -0.3 is 9.73 Å². The molecule has 0 fully saturated rings. The van der Waals surface area contributed by atoms with Crippen LogP contribution in [0.1, 0.15) is 29.6 Å². The molecule has 0 unspecified atom stereocenters. The minimum atomic E-state index is -3.81. The average Bonchev–Trinajstić information content (AvgIpc) is 3.39. The van der Waals surface area contributed by atoms with Crippen molar-refractivity contribution in [2.24, 2.45) is 4.99 Å². The molecule has 0 bridgehead atoms. The number of aliphatic imine (C=N–C) groups is 1. The Morgan fingerprint density at radius 1 is 0.971 bits per heavy atom. The van der Waals surface area contributed by atoms with Crippen molar-refractivity contribution in [2.45, 2.75) is 24.2 Å². The lowest BCUT2D eigenvalue weighted by molar-refractivity contribution is 0.102. The predicted molar refractivity (Wildman–Crippen MR) is 130 cm³/mol. The molecule has 1 amide bonds. The summed E-state index contributed by atoms with van der Waals surface area (Å²) in [6.07, 6.45) is 4.00. The zero-order chi connectivity index (χ0) is 23.5. The molecular formula is C25H22N4O4S. The number of nitrogens with one attached hydrogen (secondary N) is 2. The third-order valence-electron chi connectivity index (χ3n) is 5.51. The molecule has 0 aliphatic carbocycles. The van der Waals surface area contributed by atoms with E-state index in [4.69, 9.17) is 4.42 Å². The molecule has 172 valence electrons. The van der Waals surface area contributed by atoms with Gasteiger partial charge in [-0.2, -0.15) is 0 Å². The molecule has 1 aliphatic rings. The van der Waals surface area contributed by atoms with Gasteiger partial charge in [-0.1, -0.05) is 24.3 Å². The highest BCUT2D eigenvalue weighted by molar-refractivity contribution is 7.90. The van der Waals surface area contributed by atoms with Crippen LogP contribution in [0.5, 0.6) is 0 Å². The zero-order valence-corrected chi connectivity index (χ0v) is 19.0. The molecule has 5 rings (SSSR count). The van der Waals surface area contributed by atoms with Crippen LogP contribution in [0.15, 0.2) is 87.3 Å². The van der Waals surface area contributed by atoms with Crippen LogP contribution in [-0.4, -0.2) is 31.7 Å². The average molecular weight is 475 g/mol. The topological polar surface area (TPSA) is 114 Å². The summed E-state index contributed by atoms with van der Waals surface area (Å²) in [4.78, 5) is 22.2. The quantitative estimate of drug-likeness (QED) is 0.439. The maximum Gasteiger partial charge on any atom is 0.262 e. The number of furan rings is 1. The number of hydrogen-bond donors (Lipinski definition) is 2. The van der Waals surface area contributed by atoms with Crippen LogP contribution in [-0.2, 0) is 10.0 Å². The van der Waals surface area contributed by atoms with E-state index in [-0.39, 0.29) is 10.8 Å². The van der Waals surface area contributed by atoms with Gasteiger partial charge in [0.1, 0.15) is 11.5 Å². The maximum absolute atomic E-state index is 13.3. The minimum absolute atomic E-state index is 0.0504. The maximum atomic E-state index is 13.3. The first-order valence-corrected chi connectivity index (χ1v) is 12.4. The van der Waals surface area contributed by atoms with Crippen molar-refractivity contribution >= 4 is 38.4 Å². The summed E-state index contributed by atoms with van der Waals surface area (Å²) < 4.78 is 33.7. The molecule has 1 aliphatic heterocycles. The second-order valence-corrected chi connectivity index (χ2v) is 9.60. The number of amides is 1. The van der Waals surface area contributed by atoms with Crippen LogP contribution in [0, 0.1) is 0 Å². The van der Waals surface area contributed by atoms with E-state index < -0.39 is 10.0 Å². The second kappa shape index (κ2) is 9.11. The van der Waals surface area contributed by atoms with Gasteiger partial charge in [-0.05, 0) is 55.3 Å². The van der Waals surface area contributed by atoms with Gasteiger partial charge in [0, 0.05) is 24.0 Å². The molecule has 8 nitrogen and oxygen atoms in total. The molecule has 34 heavy (non-hydrogen) atoms. The van der Waals surface area contributed by atoms with E-state index in [0.29, 0.717) is 52.4 Å². The van der Waals surface area contributed by atoms with Crippen molar-refractivity contribution in [3.8, 4) is 11.5 Å². The molecule has 0 radical (unpaired) electrons. The SMILES string of the molecule is O=C(Nc1cccc(S(=O)(=O)NC2=NCCCC2)c1)c1cc(-c2ccco2)nc2ccccc12. The number of pyridine rings is 1. The highest BCUT2D eigenvalue weighted by Crippen LogP contribution is 2.26. The molecule has 2 aromatic heterocycles. The number of rotatable bonds is 5. The van der Waals surface area contributed by atoms with Crippen LogP contribution in [0.2, 0.25) is 0 Å². The number of anilines is 1. The number of sulfonamides is 1. The van der Waals surface area contributed by atoms with E-state index in [2.05, 4.69) is 20.0 Å². The lowest BCUT2D eigenvalue weighted by Crippen LogP contribution is -2.32. The standard InChI is InChI=1S/C25H22N4O4S/c30-25(20-16-22(23-11-6-14-33-23)28-21-10-2-1-9-19(20)21)27-17-7-5-8-18(15-17)34(31,32)29-24-12-3-4-13-26-24/h1-2,5-11,14-16H,3-4,12-13H2,(H,26,29)(H,27,30). The fourth-order valence-electron chi connectivity index (χ4n) is 3.85. The van der Waals surface area contributed by atoms with Crippen LogP contribution >= 0.6 is 0 Å². The number of amidine groups is 1. The minimum Gasteiger partial charge on any atom is -0.463 e. The van der Waals surface area contributed by atoms with Crippen LogP contribution in [0.3, 0.4) is 0 Å². The molecule has 3 heterocycles. The van der Waals surface area contributed by atoms with Crippen molar-refractivity contribution in [1.29, 1.82) is 0 Å². The molecule has 9 heteroatoms. The van der Waals surface area contributed by atoms with Crippen molar-refractivity contribution in [2.75, 3.05) is 11.9 Å². The number of carbonyl (C=O) groups is 1. The van der Waals surface area contributed by atoms with E-state index in [9.17, 15) is 13.2 Å². The van der Waals surface area contributed by atoms with E-state index in [1.54, 1.807) is 36.6 Å². The molecule has 2 aromatic carbocycles. The number of para-hydroxylation sites is 1. The fourth-order valence-corrected chi connectivity index (χ4v) is 4.98. The number of nitrogens with zero attached hydrogens (tertiary/aromatic N) is 2. The van der Waals surface area contributed by atoms with E-state index >= 15 is 0 Å². The Balaban J connectivity index is 1.45. The first-order valence-electron chi connectivity index (χ1n) is 10.9.